The van der Waals surface area contributed by atoms with Gasteiger partial charge in [-0.2, -0.15) is 0 Å². The van der Waals surface area contributed by atoms with Crippen LogP contribution in [0.2, 0.25) is 5.02 Å². The number of halogens is 1. The second-order valence-corrected chi connectivity index (χ2v) is 8.46. The Kier molecular flexibility index (Phi) is 5.10. The molecule has 162 valence electrons. The average Bonchev–Trinajstić information content (AvgIpc) is 3.21. The van der Waals surface area contributed by atoms with Crippen molar-refractivity contribution in [1.82, 2.24) is 14.8 Å². The van der Waals surface area contributed by atoms with E-state index < -0.39 is 5.66 Å². The van der Waals surface area contributed by atoms with Crippen molar-refractivity contribution in [2.75, 3.05) is 20.2 Å². The molecular weight excluding hydrogens is 426 g/mol. The zero-order chi connectivity index (χ0) is 22.3. The summed E-state index contributed by atoms with van der Waals surface area (Å²) in [6.07, 6.45) is 2.36. The molecule has 1 fully saturated rings. The Hall–Kier alpha value is -3.38. The Morgan fingerprint density at radius 1 is 1.09 bits per heavy atom. The fraction of sp³-hybridized carbons (Fsp3) is 0.240. The van der Waals surface area contributed by atoms with Gasteiger partial charge in [-0.05, 0) is 47.5 Å². The number of fused-ring (bicyclic) bond motifs is 2. The molecule has 1 unspecified atom stereocenters. The Bertz CT molecular complexity index is 1180. The highest BCUT2D eigenvalue weighted by Crippen LogP contribution is 2.44. The monoisotopic (exact) mass is 447 g/mol. The fourth-order valence-corrected chi connectivity index (χ4v) is 4.93. The number of pyridine rings is 1. The van der Waals surface area contributed by atoms with Crippen molar-refractivity contribution in [3.63, 3.8) is 0 Å². The van der Waals surface area contributed by atoms with Crippen LogP contribution in [-0.4, -0.2) is 46.8 Å². The van der Waals surface area contributed by atoms with Crippen LogP contribution in [0.3, 0.4) is 0 Å². The number of nitrogens with zero attached hydrogens (tertiary/aromatic N) is 3. The Balaban J connectivity index is 1.57. The molecule has 3 heterocycles. The van der Waals surface area contributed by atoms with Crippen molar-refractivity contribution in [1.29, 1.82) is 0 Å². The van der Waals surface area contributed by atoms with Crippen LogP contribution >= 0.6 is 11.6 Å². The van der Waals surface area contributed by atoms with Crippen LogP contribution in [0, 0.1) is 0 Å². The molecule has 0 saturated carbocycles. The minimum Gasteiger partial charge on any atom is -0.497 e. The van der Waals surface area contributed by atoms with E-state index >= 15 is 0 Å². The molecule has 0 bridgehead atoms. The van der Waals surface area contributed by atoms with E-state index in [2.05, 4.69) is 4.98 Å². The Morgan fingerprint density at radius 3 is 2.56 bits per heavy atom. The van der Waals surface area contributed by atoms with Crippen molar-refractivity contribution >= 4 is 23.4 Å². The van der Waals surface area contributed by atoms with Gasteiger partial charge >= 0.3 is 0 Å². The summed E-state index contributed by atoms with van der Waals surface area (Å²) in [4.78, 5) is 35.2. The van der Waals surface area contributed by atoms with E-state index in [-0.39, 0.29) is 18.2 Å². The quantitative estimate of drug-likeness (QED) is 0.612. The first-order valence-electron chi connectivity index (χ1n) is 10.5. The van der Waals surface area contributed by atoms with E-state index in [0.29, 0.717) is 35.8 Å². The van der Waals surface area contributed by atoms with E-state index in [1.165, 1.54) is 0 Å². The van der Waals surface area contributed by atoms with Crippen LogP contribution in [0.25, 0.3) is 0 Å². The standard InChI is InChI=1S/C25H22ClN3O3/c1-32-20-10-4-17(5-11-20)15-23(30)28-13-14-29-24(31)21-3-2-12-27-22(21)16-25(28,29)18-6-8-19(26)9-7-18/h2-12H,13-16H2,1H3. The molecule has 0 N–H and O–H groups in total. The summed E-state index contributed by atoms with van der Waals surface area (Å²) in [5, 5.41) is 0.603. The van der Waals surface area contributed by atoms with E-state index in [0.717, 1.165) is 16.9 Å². The third kappa shape index (κ3) is 3.22. The molecule has 6 nitrogen and oxygen atoms in total. The highest BCUT2D eigenvalue weighted by atomic mass is 35.5. The molecule has 32 heavy (non-hydrogen) atoms. The SMILES string of the molecule is COc1ccc(CC(=O)N2CCN3C(=O)c4cccnc4CC23c2ccc(Cl)cc2)cc1. The minimum atomic E-state index is -0.924. The van der Waals surface area contributed by atoms with Gasteiger partial charge < -0.3 is 14.5 Å². The zero-order valence-electron chi connectivity index (χ0n) is 17.6. The third-order valence-corrected chi connectivity index (χ3v) is 6.59. The molecule has 5 rings (SSSR count). The number of carbonyl (C=O) groups excluding carboxylic acids is 2. The summed E-state index contributed by atoms with van der Waals surface area (Å²) in [6.45, 7) is 0.918. The average molecular weight is 448 g/mol. The second kappa shape index (κ2) is 7.95. The number of carbonyl (C=O) groups is 2. The number of methoxy groups -OCH3 is 1. The number of ether oxygens (including phenoxy) is 1. The van der Waals surface area contributed by atoms with Crippen LogP contribution < -0.4 is 4.74 Å². The lowest BCUT2D eigenvalue weighted by molar-refractivity contribution is -0.138. The van der Waals surface area contributed by atoms with Gasteiger partial charge in [0.2, 0.25) is 5.91 Å². The number of amides is 2. The lowest BCUT2D eigenvalue weighted by Gasteiger charge is -2.47. The van der Waals surface area contributed by atoms with Crippen LogP contribution in [0.5, 0.6) is 5.75 Å². The van der Waals surface area contributed by atoms with Crippen molar-refractivity contribution in [2.45, 2.75) is 18.5 Å². The van der Waals surface area contributed by atoms with E-state index in [1.807, 2.05) is 46.2 Å². The van der Waals surface area contributed by atoms with Crippen molar-refractivity contribution in [3.05, 3.63) is 94.3 Å². The summed E-state index contributed by atoms with van der Waals surface area (Å²) >= 11 is 6.15. The topological polar surface area (TPSA) is 62.7 Å². The van der Waals surface area contributed by atoms with Gasteiger partial charge in [-0.25, -0.2) is 0 Å². The van der Waals surface area contributed by atoms with Gasteiger partial charge in [-0.3, -0.25) is 14.6 Å². The van der Waals surface area contributed by atoms with Crippen LogP contribution in [0.1, 0.15) is 27.2 Å². The van der Waals surface area contributed by atoms with Crippen LogP contribution in [0.15, 0.2) is 66.9 Å². The number of rotatable bonds is 4. The van der Waals surface area contributed by atoms with Gasteiger partial charge in [0.25, 0.3) is 5.91 Å². The van der Waals surface area contributed by atoms with Crippen molar-refractivity contribution in [3.8, 4) is 5.75 Å². The molecule has 2 aromatic carbocycles. The maximum absolute atomic E-state index is 13.6. The maximum Gasteiger partial charge on any atom is 0.257 e. The van der Waals surface area contributed by atoms with Crippen LogP contribution in [-0.2, 0) is 23.3 Å². The van der Waals surface area contributed by atoms with Crippen molar-refractivity contribution < 1.29 is 14.3 Å². The van der Waals surface area contributed by atoms with Gasteiger partial charge in [0.1, 0.15) is 11.4 Å². The maximum atomic E-state index is 13.6. The fourth-order valence-electron chi connectivity index (χ4n) is 4.80. The van der Waals surface area contributed by atoms with Gasteiger partial charge in [0, 0.05) is 30.7 Å². The molecule has 2 aliphatic rings. The summed E-state index contributed by atoms with van der Waals surface area (Å²) in [5.41, 5.74) is 2.12. The van der Waals surface area contributed by atoms with Gasteiger partial charge in [0.15, 0.2) is 0 Å². The van der Waals surface area contributed by atoms with Crippen LogP contribution in [0.4, 0.5) is 0 Å². The lowest BCUT2D eigenvalue weighted by atomic mass is 9.86. The van der Waals surface area contributed by atoms with E-state index in [9.17, 15) is 9.59 Å². The molecule has 3 aromatic rings. The largest absolute Gasteiger partial charge is 0.497 e. The van der Waals surface area contributed by atoms with Crippen molar-refractivity contribution in [2.24, 2.45) is 0 Å². The van der Waals surface area contributed by atoms with Gasteiger partial charge in [-0.15, -0.1) is 0 Å². The normalized spacial score (nSPS) is 19.5. The Labute approximate surface area is 191 Å². The first kappa shape index (κ1) is 20.5. The second-order valence-electron chi connectivity index (χ2n) is 8.02. The van der Waals surface area contributed by atoms with E-state index in [1.54, 1.807) is 37.6 Å². The first-order valence-corrected chi connectivity index (χ1v) is 10.9. The molecule has 2 amide bonds. The first-order chi connectivity index (χ1) is 15.5. The van der Waals surface area contributed by atoms with Gasteiger partial charge in [0.05, 0.1) is 24.8 Å². The molecule has 0 spiro atoms. The number of benzene rings is 2. The third-order valence-electron chi connectivity index (χ3n) is 6.34. The molecule has 0 aliphatic carbocycles. The smallest absolute Gasteiger partial charge is 0.257 e. The highest BCUT2D eigenvalue weighted by molar-refractivity contribution is 6.30. The minimum absolute atomic E-state index is 0.0419. The molecule has 0 radical (unpaired) electrons. The zero-order valence-corrected chi connectivity index (χ0v) is 18.4. The summed E-state index contributed by atoms with van der Waals surface area (Å²) in [7, 11) is 1.61. The number of hydrogen-bond acceptors (Lipinski definition) is 4. The summed E-state index contributed by atoms with van der Waals surface area (Å²) < 4.78 is 5.22. The number of aromatic nitrogens is 1. The molecule has 1 saturated heterocycles. The predicted octanol–water partition coefficient (Wildman–Crippen LogP) is 3.68. The molecule has 1 aromatic heterocycles. The molecule has 7 heteroatoms. The highest BCUT2D eigenvalue weighted by Gasteiger charge is 2.55. The predicted molar refractivity (Wildman–Crippen MR) is 121 cm³/mol. The molecule has 1 atom stereocenters. The lowest BCUT2D eigenvalue weighted by Crippen LogP contribution is -2.58. The van der Waals surface area contributed by atoms with Gasteiger partial charge in [-0.1, -0.05) is 35.9 Å². The summed E-state index contributed by atoms with van der Waals surface area (Å²) in [5.74, 6) is 0.598. The molecular formula is C25H22ClN3O3. The molecule has 2 aliphatic heterocycles. The van der Waals surface area contributed by atoms with E-state index in [4.69, 9.17) is 16.3 Å². The number of hydrogen-bond donors (Lipinski definition) is 0. The summed E-state index contributed by atoms with van der Waals surface area (Å²) in [6, 6.07) is 18.4. The Morgan fingerprint density at radius 2 is 1.84 bits per heavy atom.